The average Bonchev–Trinajstić information content (AvgIpc) is 2.66. The van der Waals surface area contributed by atoms with Crippen LogP contribution in [0.1, 0.15) is 26.2 Å². The van der Waals surface area contributed by atoms with Crippen molar-refractivity contribution in [2.75, 3.05) is 35.2 Å². The Balaban J connectivity index is -0.000000139. The summed E-state index contributed by atoms with van der Waals surface area (Å²) < 4.78 is 0. The fraction of sp³-hybridized carbons (Fsp3) is 0.933. The van der Waals surface area contributed by atoms with Gasteiger partial charge >= 0.3 is 26.2 Å². The molecule has 3 nitrogen and oxygen atoms in total. The van der Waals surface area contributed by atoms with Crippen LogP contribution in [-0.2, 0) is 26.2 Å². The third kappa shape index (κ3) is 17.0. The van der Waals surface area contributed by atoms with Gasteiger partial charge < -0.3 is 23.0 Å². The van der Waals surface area contributed by atoms with Crippen LogP contribution in [0.4, 0.5) is 0 Å². The van der Waals surface area contributed by atoms with Crippen molar-refractivity contribution in [1.29, 1.82) is 0 Å². The monoisotopic (exact) mass is 377 g/mol. The molecule has 1 aliphatic carbocycles. The van der Waals surface area contributed by atoms with Crippen LogP contribution in [0.2, 0.25) is 19.1 Å². The summed E-state index contributed by atoms with van der Waals surface area (Å²) in [7, 11) is 7.85. The van der Waals surface area contributed by atoms with E-state index in [1.165, 1.54) is 25.3 Å². The number of rotatable bonds is 3. The van der Waals surface area contributed by atoms with E-state index in [1.54, 1.807) is 28.2 Å². The molecule has 0 aromatic rings. The molecule has 20 heavy (non-hydrogen) atoms. The summed E-state index contributed by atoms with van der Waals surface area (Å²) in [6, 6.07) is 1.42. The molecule has 1 saturated carbocycles. The molecule has 0 amide bonds. The van der Waals surface area contributed by atoms with Crippen molar-refractivity contribution in [3.63, 3.8) is 0 Å². The van der Waals surface area contributed by atoms with Crippen LogP contribution >= 0.6 is 0 Å². The van der Waals surface area contributed by atoms with Crippen LogP contribution in [0.15, 0.2) is 0 Å². The molecule has 0 N–H and O–H groups in total. The Morgan fingerprint density at radius 3 is 1.60 bits per heavy atom. The maximum Gasteiger partial charge on any atom is 4.00 e. The Kier molecular flexibility index (Phi) is 26.2. The molecule has 1 unspecified atom stereocenters. The first-order valence-electron chi connectivity index (χ1n) is 6.95. The first-order valence-corrected chi connectivity index (χ1v) is 10.1. The van der Waals surface area contributed by atoms with Gasteiger partial charge in [0.15, 0.2) is 0 Å². The van der Waals surface area contributed by atoms with E-state index in [9.17, 15) is 0 Å². The van der Waals surface area contributed by atoms with Crippen LogP contribution in [0, 0.1) is 19.3 Å². The first kappa shape index (κ1) is 29.0. The maximum absolute atomic E-state index is 4.56. The Bertz CT molecular complexity index is 179. The zero-order chi connectivity index (χ0) is 14.6. The molecule has 0 heterocycles. The summed E-state index contributed by atoms with van der Waals surface area (Å²) in [5.74, 6) is 1.97. The molecule has 1 rings (SSSR count). The van der Waals surface area contributed by atoms with Gasteiger partial charge in [0.05, 0.1) is 0 Å². The Morgan fingerprint density at radius 2 is 1.35 bits per heavy atom. The van der Waals surface area contributed by atoms with Crippen molar-refractivity contribution in [3.05, 3.63) is 23.0 Å². The van der Waals surface area contributed by atoms with Crippen molar-refractivity contribution in [2.24, 2.45) is 11.8 Å². The maximum atomic E-state index is 4.56. The largest absolute Gasteiger partial charge is 4.00 e. The number of hydrogen-bond acceptors (Lipinski definition) is 0. The van der Waals surface area contributed by atoms with Crippen molar-refractivity contribution < 1.29 is 26.2 Å². The predicted octanol–water partition coefficient (Wildman–Crippen LogP) is 5.32. The molecule has 0 aromatic carbocycles. The van der Waals surface area contributed by atoms with Gasteiger partial charge in [-0.15, -0.1) is 0 Å². The van der Waals surface area contributed by atoms with Gasteiger partial charge in [0.25, 0.3) is 0 Å². The van der Waals surface area contributed by atoms with Crippen molar-refractivity contribution in [1.82, 2.24) is 0 Å². The summed E-state index contributed by atoms with van der Waals surface area (Å²) in [5, 5.41) is 7.00. The van der Waals surface area contributed by atoms with Gasteiger partial charge in [-0.3, -0.25) is 0 Å². The fourth-order valence-corrected chi connectivity index (χ4v) is 4.33. The molecule has 5 heteroatoms. The van der Waals surface area contributed by atoms with Crippen molar-refractivity contribution in [2.45, 2.75) is 45.3 Å². The third-order valence-corrected chi connectivity index (χ3v) is 6.14. The van der Waals surface area contributed by atoms with Gasteiger partial charge in [-0.05, 0) is 11.8 Å². The van der Waals surface area contributed by atoms with E-state index in [4.69, 9.17) is 0 Å². The molecule has 0 bridgehead atoms. The summed E-state index contributed by atoms with van der Waals surface area (Å²) in [6.07, 6.45) is 4.38. The van der Waals surface area contributed by atoms with Crippen molar-refractivity contribution in [3.8, 4) is 0 Å². The summed E-state index contributed by atoms with van der Waals surface area (Å²) in [5.41, 5.74) is 0. The van der Waals surface area contributed by atoms with Gasteiger partial charge in [-0.25, -0.2) is 0 Å². The zero-order valence-electron chi connectivity index (χ0n) is 15.3. The van der Waals surface area contributed by atoms with Crippen LogP contribution < -0.4 is 0 Å². The molecule has 2 atom stereocenters. The molecule has 1 aliphatic rings. The third-order valence-electron chi connectivity index (χ3n) is 3.41. The van der Waals surface area contributed by atoms with Crippen LogP contribution in [-0.4, -0.2) is 43.5 Å². The first-order chi connectivity index (χ1) is 8.38. The minimum absolute atomic E-state index is 0. The summed E-state index contributed by atoms with van der Waals surface area (Å²) in [6.45, 7) is 7.19. The Hall–Kier alpha value is 0.980. The van der Waals surface area contributed by atoms with E-state index >= 15 is 0 Å². The second-order valence-corrected chi connectivity index (χ2v) is 10.3. The minimum Gasteiger partial charge on any atom is -0.668 e. The smallest absolute Gasteiger partial charge is 0.668 e. The molecular weight excluding hydrogens is 341 g/mol. The molecule has 1 fully saturated rings. The fourth-order valence-electron chi connectivity index (χ4n) is 2.26. The standard InChI is InChI=1S/C10H22NSi.2C2H6N.CH3.Zr/c1-9-6-5-7-10(9)8-12(3,4)11-2;2*1-3-2;;/h9-10H,5-8H2,1-4H3;2*1-2H3;1H3;/q4*-1;+4/t9-,10?;;;;/m0..../s1. The molecular formula is C15H37N3SiZr. The van der Waals surface area contributed by atoms with Gasteiger partial charge in [-0.2, -0.15) is 35.2 Å². The van der Waals surface area contributed by atoms with Crippen LogP contribution in [0.3, 0.4) is 0 Å². The topological polar surface area (TPSA) is 42.3 Å². The molecule has 0 aliphatic heterocycles. The van der Waals surface area contributed by atoms with E-state index in [0.717, 1.165) is 11.8 Å². The number of nitrogens with zero attached hydrogens (tertiary/aromatic N) is 3. The molecule has 0 aromatic heterocycles. The van der Waals surface area contributed by atoms with E-state index in [2.05, 4.69) is 35.6 Å². The minimum atomic E-state index is -1.16. The van der Waals surface area contributed by atoms with Crippen LogP contribution in [0.5, 0.6) is 0 Å². The second-order valence-electron chi connectivity index (χ2n) is 5.80. The Morgan fingerprint density at radius 1 is 0.950 bits per heavy atom. The van der Waals surface area contributed by atoms with Gasteiger partial charge in [0.1, 0.15) is 0 Å². The zero-order valence-corrected chi connectivity index (χ0v) is 18.8. The van der Waals surface area contributed by atoms with E-state index < -0.39 is 8.24 Å². The second kappa shape index (κ2) is 18.0. The predicted molar refractivity (Wildman–Crippen MR) is 94.9 cm³/mol. The Labute approximate surface area is 149 Å². The van der Waals surface area contributed by atoms with Gasteiger partial charge in [0.2, 0.25) is 0 Å². The van der Waals surface area contributed by atoms with Gasteiger partial charge in [0, 0.05) is 0 Å². The van der Waals surface area contributed by atoms with Crippen LogP contribution in [0.25, 0.3) is 15.6 Å². The molecule has 0 radical (unpaired) electrons. The quantitative estimate of drug-likeness (QED) is 0.471. The average molecular weight is 379 g/mol. The van der Waals surface area contributed by atoms with E-state index in [0.29, 0.717) is 0 Å². The van der Waals surface area contributed by atoms with E-state index in [-0.39, 0.29) is 33.6 Å². The summed E-state index contributed by atoms with van der Waals surface area (Å²) >= 11 is 0. The van der Waals surface area contributed by atoms with Gasteiger partial charge in [-0.1, -0.05) is 53.6 Å². The van der Waals surface area contributed by atoms with Crippen molar-refractivity contribution >= 4 is 8.24 Å². The molecule has 120 valence electrons. The molecule has 0 spiro atoms. The SMILES string of the molecule is C[N-]C.C[N-]C.C[N-][Si](C)(C)CC1CCC[C@@H]1C.[CH3-].[Zr+4]. The number of hydrogen-bond donors (Lipinski definition) is 0. The normalized spacial score (nSPS) is 20.4. The summed E-state index contributed by atoms with van der Waals surface area (Å²) in [4.78, 5) is 4.56. The van der Waals surface area contributed by atoms with E-state index in [1.807, 2.05) is 7.05 Å². The molecule has 0 saturated heterocycles.